The number of amides is 2. The summed E-state index contributed by atoms with van der Waals surface area (Å²) in [6, 6.07) is -0.599. The van der Waals surface area contributed by atoms with Crippen LogP contribution in [0.4, 0.5) is 4.79 Å². The molecule has 18 heavy (non-hydrogen) atoms. The Morgan fingerprint density at radius 1 is 1.44 bits per heavy atom. The molecule has 106 valence electrons. The average Bonchev–Trinajstić information content (AvgIpc) is 2.31. The molecule has 7 heteroatoms. The van der Waals surface area contributed by atoms with Crippen molar-refractivity contribution in [1.82, 2.24) is 10.2 Å². The van der Waals surface area contributed by atoms with E-state index in [1.54, 1.807) is 6.92 Å². The van der Waals surface area contributed by atoms with E-state index in [2.05, 4.69) is 5.32 Å². The molecular weight excluding hydrogens is 240 g/mol. The third kappa shape index (κ3) is 7.86. The molecule has 2 amide bonds. The third-order valence-corrected chi connectivity index (χ3v) is 2.12. The molecule has 0 saturated carbocycles. The van der Waals surface area contributed by atoms with Gasteiger partial charge in [-0.15, -0.1) is 0 Å². The summed E-state index contributed by atoms with van der Waals surface area (Å²) in [5.41, 5.74) is 0. The number of ether oxygens (including phenoxy) is 2. The highest BCUT2D eigenvalue weighted by atomic mass is 16.5. The van der Waals surface area contributed by atoms with Crippen molar-refractivity contribution in [3.63, 3.8) is 0 Å². The van der Waals surface area contributed by atoms with Crippen molar-refractivity contribution in [3.05, 3.63) is 0 Å². The molecule has 1 unspecified atom stereocenters. The normalized spacial score (nSPS) is 11.9. The van der Waals surface area contributed by atoms with Gasteiger partial charge in [-0.25, -0.2) is 4.79 Å². The van der Waals surface area contributed by atoms with Gasteiger partial charge in [0.1, 0.15) is 6.54 Å². The van der Waals surface area contributed by atoms with E-state index in [9.17, 15) is 9.59 Å². The number of carboxylic acid groups (broad SMARTS) is 1. The molecular formula is C11H22N2O5. The van der Waals surface area contributed by atoms with Crippen LogP contribution in [0.25, 0.3) is 0 Å². The molecule has 0 aliphatic heterocycles. The number of nitrogens with one attached hydrogen (secondary N) is 1. The maximum atomic E-state index is 11.8. The second-order valence-electron chi connectivity index (χ2n) is 3.82. The van der Waals surface area contributed by atoms with Crippen LogP contribution in [0, 0.1) is 0 Å². The van der Waals surface area contributed by atoms with E-state index in [-0.39, 0.29) is 19.1 Å². The van der Waals surface area contributed by atoms with Gasteiger partial charge in [0.05, 0.1) is 19.3 Å². The second-order valence-corrected chi connectivity index (χ2v) is 3.82. The number of carboxylic acids is 1. The molecule has 7 nitrogen and oxygen atoms in total. The summed E-state index contributed by atoms with van der Waals surface area (Å²) in [4.78, 5) is 23.6. The lowest BCUT2D eigenvalue weighted by Crippen LogP contribution is -2.48. The number of methoxy groups -OCH3 is 1. The van der Waals surface area contributed by atoms with Crippen molar-refractivity contribution in [1.29, 1.82) is 0 Å². The molecule has 0 saturated heterocycles. The standard InChI is InChI=1S/C11H22N2O5/c1-4-18-8-9(2)12-11(16)13(5-6-17-3)7-10(14)15/h9H,4-8H2,1-3H3,(H,12,16)(H,14,15). The molecule has 0 fully saturated rings. The number of aliphatic carboxylic acids is 1. The molecule has 0 aromatic heterocycles. The number of hydrogen-bond acceptors (Lipinski definition) is 4. The van der Waals surface area contributed by atoms with Crippen molar-refractivity contribution >= 4 is 12.0 Å². The molecule has 0 bridgehead atoms. The number of carbonyl (C=O) groups excluding carboxylic acids is 1. The maximum Gasteiger partial charge on any atom is 0.323 e. The Hall–Kier alpha value is -1.34. The van der Waals surface area contributed by atoms with Crippen LogP contribution >= 0.6 is 0 Å². The zero-order valence-electron chi connectivity index (χ0n) is 11.1. The predicted octanol–water partition coefficient (Wildman–Crippen LogP) is 0.154. The monoisotopic (exact) mass is 262 g/mol. The van der Waals surface area contributed by atoms with E-state index in [1.165, 1.54) is 12.0 Å². The molecule has 0 spiro atoms. The van der Waals surface area contributed by atoms with Crippen LogP contribution in [-0.4, -0.2) is 68.1 Å². The van der Waals surface area contributed by atoms with Crippen molar-refractivity contribution < 1.29 is 24.2 Å². The zero-order chi connectivity index (χ0) is 14.0. The van der Waals surface area contributed by atoms with Crippen LogP contribution in [0.2, 0.25) is 0 Å². The van der Waals surface area contributed by atoms with E-state index in [0.29, 0.717) is 19.8 Å². The summed E-state index contributed by atoms with van der Waals surface area (Å²) in [5, 5.41) is 11.4. The number of carbonyl (C=O) groups is 2. The molecule has 0 aliphatic carbocycles. The molecule has 0 heterocycles. The molecule has 1 atom stereocenters. The number of rotatable bonds is 9. The fourth-order valence-corrected chi connectivity index (χ4v) is 1.26. The minimum atomic E-state index is -1.06. The van der Waals surface area contributed by atoms with Crippen LogP contribution in [0.1, 0.15) is 13.8 Å². The molecule has 2 N–H and O–H groups in total. The first-order valence-corrected chi connectivity index (χ1v) is 5.85. The highest BCUT2D eigenvalue weighted by Gasteiger charge is 2.18. The van der Waals surface area contributed by atoms with Gasteiger partial charge in [-0.1, -0.05) is 0 Å². The van der Waals surface area contributed by atoms with Crippen molar-refractivity contribution in [2.45, 2.75) is 19.9 Å². The van der Waals surface area contributed by atoms with Gasteiger partial charge in [-0.3, -0.25) is 4.79 Å². The highest BCUT2D eigenvalue weighted by molar-refractivity contribution is 5.80. The lowest BCUT2D eigenvalue weighted by Gasteiger charge is -2.23. The number of urea groups is 1. The first-order valence-electron chi connectivity index (χ1n) is 5.85. The topological polar surface area (TPSA) is 88.1 Å². The zero-order valence-corrected chi connectivity index (χ0v) is 11.1. The summed E-state index contributed by atoms with van der Waals surface area (Å²) in [6.07, 6.45) is 0. The Bertz CT molecular complexity index is 260. The van der Waals surface area contributed by atoms with Gasteiger partial charge in [-0.05, 0) is 13.8 Å². The van der Waals surface area contributed by atoms with Crippen molar-refractivity contribution in [2.24, 2.45) is 0 Å². The van der Waals surface area contributed by atoms with E-state index in [0.717, 1.165) is 0 Å². The second kappa shape index (κ2) is 9.67. The van der Waals surface area contributed by atoms with Gasteiger partial charge in [0.25, 0.3) is 0 Å². The fraction of sp³-hybridized carbons (Fsp3) is 0.818. The van der Waals surface area contributed by atoms with Gasteiger partial charge in [0, 0.05) is 20.3 Å². The van der Waals surface area contributed by atoms with E-state index < -0.39 is 12.0 Å². The Balaban J connectivity index is 4.22. The van der Waals surface area contributed by atoms with Crippen molar-refractivity contribution in [3.8, 4) is 0 Å². The lowest BCUT2D eigenvalue weighted by molar-refractivity contribution is -0.137. The Labute approximate surface area is 107 Å². The number of nitrogens with zero attached hydrogens (tertiary/aromatic N) is 1. The first kappa shape index (κ1) is 16.7. The molecule has 0 aromatic carbocycles. The lowest BCUT2D eigenvalue weighted by atomic mass is 10.3. The predicted molar refractivity (Wildman–Crippen MR) is 65.6 cm³/mol. The largest absolute Gasteiger partial charge is 0.480 e. The van der Waals surface area contributed by atoms with Crippen LogP contribution in [0.15, 0.2) is 0 Å². The van der Waals surface area contributed by atoms with Gasteiger partial charge >= 0.3 is 12.0 Å². The highest BCUT2D eigenvalue weighted by Crippen LogP contribution is 1.93. The van der Waals surface area contributed by atoms with Gasteiger partial charge in [-0.2, -0.15) is 0 Å². The summed E-state index contributed by atoms with van der Waals surface area (Å²) < 4.78 is 10.00. The van der Waals surface area contributed by atoms with Crippen molar-refractivity contribution in [2.75, 3.05) is 40.0 Å². The average molecular weight is 262 g/mol. The molecule has 0 aromatic rings. The Kier molecular flexibility index (Phi) is 8.95. The molecule has 0 rings (SSSR count). The minimum absolute atomic E-state index is 0.170. The summed E-state index contributed by atoms with van der Waals surface area (Å²) in [6.45, 7) is 4.80. The Morgan fingerprint density at radius 2 is 2.11 bits per heavy atom. The summed E-state index contributed by atoms with van der Waals surface area (Å²) in [7, 11) is 1.49. The van der Waals surface area contributed by atoms with Crippen LogP contribution in [0.5, 0.6) is 0 Å². The van der Waals surface area contributed by atoms with Crippen LogP contribution in [0.3, 0.4) is 0 Å². The fourth-order valence-electron chi connectivity index (χ4n) is 1.26. The van der Waals surface area contributed by atoms with Gasteiger partial charge < -0.3 is 24.8 Å². The Morgan fingerprint density at radius 3 is 2.61 bits per heavy atom. The smallest absolute Gasteiger partial charge is 0.323 e. The van der Waals surface area contributed by atoms with E-state index in [4.69, 9.17) is 14.6 Å². The summed E-state index contributed by atoms with van der Waals surface area (Å²) in [5.74, 6) is -1.06. The number of hydrogen-bond donors (Lipinski definition) is 2. The quantitative estimate of drug-likeness (QED) is 0.617. The van der Waals surface area contributed by atoms with Gasteiger partial charge in [0.2, 0.25) is 0 Å². The SMILES string of the molecule is CCOCC(C)NC(=O)N(CCOC)CC(=O)O. The molecule has 0 radical (unpaired) electrons. The summed E-state index contributed by atoms with van der Waals surface area (Å²) >= 11 is 0. The van der Waals surface area contributed by atoms with E-state index >= 15 is 0 Å². The third-order valence-electron chi connectivity index (χ3n) is 2.12. The first-order chi connectivity index (χ1) is 8.51. The minimum Gasteiger partial charge on any atom is -0.480 e. The molecule has 0 aliphatic rings. The van der Waals surface area contributed by atoms with Crippen LogP contribution < -0.4 is 5.32 Å². The van der Waals surface area contributed by atoms with Crippen LogP contribution in [-0.2, 0) is 14.3 Å². The maximum absolute atomic E-state index is 11.8. The van der Waals surface area contributed by atoms with E-state index in [1.807, 2.05) is 6.92 Å². The van der Waals surface area contributed by atoms with Gasteiger partial charge in [0.15, 0.2) is 0 Å².